The smallest absolute Gasteiger partial charge is 0.311 e. The van der Waals surface area contributed by atoms with Crippen molar-refractivity contribution in [3.05, 3.63) is 16.1 Å². The normalized spacial score (nSPS) is 23.3. The summed E-state index contributed by atoms with van der Waals surface area (Å²) in [6, 6.07) is 0. The van der Waals surface area contributed by atoms with Gasteiger partial charge in [-0.05, 0) is 13.3 Å². The van der Waals surface area contributed by atoms with E-state index in [1.807, 2.05) is 24.1 Å². The van der Waals surface area contributed by atoms with Crippen LogP contribution in [0, 0.1) is 0 Å². The van der Waals surface area contributed by atoms with Crippen LogP contribution >= 0.6 is 34.9 Å². The first kappa shape index (κ1) is 15.2. The quantitative estimate of drug-likeness (QED) is 0.777. The van der Waals surface area contributed by atoms with E-state index in [4.69, 9.17) is 4.74 Å². The Labute approximate surface area is 126 Å². The highest BCUT2D eigenvalue weighted by molar-refractivity contribution is 8.06. The van der Waals surface area contributed by atoms with E-state index < -0.39 is 0 Å². The van der Waals surface area contributed by atoms with Crippen molar-refractivity contribution in [2.45, 2.75) is 37.2 Å². The molecule has 0 spiro atoms. The number of thiazole rings is 1. The number of rotatable bonds is 5. The molecule has 0 bridgehead atoms. The van der Waals surface area contributed by atoms with E-state index in [0.29, 0.717) is 23.5 Å². The first-order valence-electron chi connectivity index (χ1n) is 6.57. The SMILES string of the molecule is CCOC(=O)Cc1csc(C2SCCSC2CC)n1. The minimum Gasteiger partial charge on any atom is -0.466 e. The molecule has 106 valence electrons. The van der Waals surface area contributed by atoms with Gasteiger partial charge >= 0.3 is 5.97 Å². The van der Waals surface area contributed by atoms with Gasteiger partial charge in [-0.3, -0.25) is 4.79 Å². The van der Waals surface area contributed by atoms with Gasteiger partial charge in [0.05, 0.1) is 24.0 Å². The average Bonchev–Trinajstić information content (AvgIpc) is 2.87. The lowest BCUT2D eigenvalue weighted by Gasteiger charge is -2.28. The minimum absolute atomic E-state index is 0.183. The van der Waals surface area contributed by atoms with Crippen LogP contribution in [0.4, 0.5) is 0 Å². The molecule has 1 saturated heterocycles. The predicted octanol–water partition coefficient (Wildman–Crippen LogP) is 3.55. The summed E-state index contributed by atoms with van der Waals surface area (Å²) in [7, 11) is 0. The zero-order valence-corrected chi connectivity index (χ0v) is 13.7. The number of nitrogens with zero attached hydrogens (tertiary/aromatic N) is 1. The Hall–Kier alpha value is -0.200. The lowest BCUT2D eigenvalue weighted by molar-refractivity contribution is -0.142. The lowest BCUT2D eigenvalue weighted by Crippen LogP contribution is -2.18. The van der Waals surface area contributed by atoms with Crippen molar-refractivity contribution in [2.24, 2.45) is 0 Å². The molecule has 6 heteroatoms. The van der Waals surface area contributed by atoms with E-state index in [-0.39, 0.29) is 5.97 Å². The molecule has 2 unspecified atom stereocenters. The summed E-state index contributed by atoms with van der Waals surface area (Å²) in [6.45, 7) is 4.50. The maximum Gasteiger partial charge on any atom is 0.311 e. The number of carbonyl (C=O) groups is 1. The third-order valence-electron chi connectivity index (χ3n) is 2.90. The highest BCUT2D eigenvalue weighted by Crippen LogP contribution is 2.44. The van der Waals surface area contributed by atoms with Crippen molar-refractivity contribution in [3.63, 3.8) is 0 Å². The molecule has 1 aromatic rings. The van der Waals surface area contributed by atoms with E-state index in [1.165, 1.54) is 22.9 Å². The summed E-state index contributed by atoms with van der Waals surface area (Å²) in [4.78, 5) is 16.1. The Bertz CT molecular complexity index is 422. The van der Waals surface area contributed by atoms with E-state index in [2.05, 4.69) is 23.7 Å². The summed E-state index contributed by atoms with van der Waals surface area (Å²) in [6.07, 6.45) is 1.47. The van der Waals surface area contributed by atoms with Crippen LogP contribution in [0.3, 0.4) is 0 Å². The molecular formula is C13H19NO2S3. The Morgan fingerprint density at radius 2 is 2.21 bits per heavy atom. The van der Waals surface area contributed by atoms with Gasteiger partial charge in [-0.1, -0.05) is 6.92 Å². The van der Waals surface area contributed by atoms with Crippen molar-refractivity contribution < 1.29 is 9.53 Å². The fraction of sp³-hybridized carbons (Fsp3) is 0.692. The van der Waals surface area contributed by atoms with Crippen molar-refractivity contribution in [1.29, 1.82) is 0 Å². The molecule has 2 heterocycles. The van der Waals surface area contributed by atoms with Crippen molar-refractivity contribution in [2.75, 3.05) is 18.1 Å². The Balaban J connectivity index is 2.01. The second kappa shape index (κ2) is 7.55. The summed E-state index contributed by atoms with van der Waals surface area (Å²) >= 11 is 5.74. The van der Waals surface area contributed by atoms with Crippen molar-refractivity contribution in [1.82, 2.24) is 4.98 Å². The number of aromatic nitrogens is 1. The number of hydrogen-bond acceptors (Lipinski definition) is 6. The molecule has 0 aliphatic carbocycles. The fourth-order valence-corrected chi connectivity index (χ4v) is 6.28. The van der Waals surface area contributed by atoms with E-state index in [9.17, 15) is 4.79 Å². The molecule has 0 aromatic carbocycles. The maximum atomic E-state index is 11.5. The van der Waals surface area contributed by atoms with E-state index >= 15 is 0 Å². The van der Waals surface area contributed by atoms with Crippen LogP contribution in [-0.4, -0.2) is 34.3 Å². The van der Waals surface area contributed by atoms with Gasteiger partial charge in [0.1, 0.15) is 5.01 Å². The van der Waals surface area contributed by atoms with Crippen molar-refractivity contribution in [3.8, 4) is 0 Å². The van der Waals surface area contributed by atoms with Crippen LogP contribution in [0.25, 0.3) is 0 Å². The Morgan fingerprint density at radius 3 is 2.95 bits per heavy atom. The number of thioether (sulfide) groups is 2. The summed E-state index contributed by atoms with van der Waals surface area (Å²) in [5, 5.41) is 4.31. The van der Waals surface area contributed by atoms with Gasteiger partial charge in [-0.2, -0.15) is 11.8 Å². The largest absolute Gasteiger partial charge is 0.466 e. The van der Waals surface area contributed by atoms with Crippen LogP contribution in [0.15, 0.2) is 5.38 Å². The van der Waals surface area contributed by atoms with Crippen molar-refractivity contribution >= 4 is 40.8 Å². The topological polar surface area (TPSA) is 39.2 Å². The maximum absolute atomic E-state index is 11.5. The van der Waals surface area contributed by atoms with E-state index in [1.54, 1.807) is 11.3 Å². The van der Waals surface area contributed by atoms with Crippen LogP contribution in [0.2, 0.25) is 0 Å². The molecule has 0 amide bonds. The molecule has 1 aliphatic rings. The standard InChI is InChI=1S/C13H19NO2S3/c1-3-10-12(18-6-5-17-10)13-14-9(8-19-13)7-11(15)16-4-2/h8,10,12H,3-7H2,1-2H3. The van der Waals surface area contributed by atoms with Gasteiger partial charge in [0.15, 0.2) is 0 Å². The number of carbonyl (C=O) groups excluding carboxylic acids is 1. The predicted molar refractivity (Wildman–Crippen MR) is 84.2 cm³/mol. The number of ether oxygens (including phenoxy) is 1. The van der Waals surface area contributed by atoms with Crippen LogP contribution in [-0.2, 0) is 16.0 Å². The third kappa shape index (κ3) is 4.13. The van der Waals surface area contributed by atoms with Crippen LogP contribution in [0.5, 0.6) is 0 Å². The second-order valence-electron chi connectivity index (χ2n) is 4.27. The van der Waals surface area contributed by atoms with Gasteiger partial charge in [-0.25, -0.2) is 4.98 Å². The highest BCUT2D eigenvalue weighted by atomic mass is 32.2. The molecule has 2 rings (SSSR count). The molecule has 3 nitrogen and oxygen atoms in total. The Kier molecular flexibility index (Phi) is 6.04. The molecule has 0 radical (unpaired) electrons. The number of hydrogen-bond donors (Lipinski definition) is 0. The fourth-order valence-electron chi connectivity index (χ4n) is 2.03. The molecule has 1 aromatic heterocycles. The number of esters is 1. The van der Waals surface area contributed by atoms with Gasteiger partial charge in [0, 0.05) is 22.1 Å². The molecule has 2 atom stereocenters. The molecule has 0 saturated carbocycles. The summed E-state index contributed by atoms with van der Waals surface area (Å²) in [5.74, 6) is 2.25. The molecule has 19 heavy (non-hydrogen) atoms. The zero-order valence-electron chi connectivity index (χ0n) is 11.3. The third-order valence-corrected chi connectivity index (χ3v) is 7.28. The first-order chi connectivity index (χ1) is 9.24. The van der Waals surface area contributed by atoms with Gasteiger partial charge in [0.2, 0.25) is 0 Å². The van der Waals surface area contributed by atoms with Gasteiger partial charge in [0.25, 0.3) is 0 Å². The van der Waals surface area contributed by atoms with Gasteiger partial charge in [-0.15, -0.1) is 23.1 Å². The monoisotopic (exact) mass is 317 g/mol. The molecule has 1 fully saturated rings. The Morgan fingerprint density at radius 1 is 1.42 bits per heavy atom. The van der Waals surface area contributed by atoms with Gasteiger partial charge < -0.3 is 4.74 Å². The zero-order chi connectivity index (χ0) is 13.7. The van der Waals surface area contributed by atoms with Crippen LogP contribution < -0.4 is 0 Å². The lowest BCUT2D eigenvalue weighted by atomic mass is 10.2. The highest BCUT2D eigenvalue weighted by Gasteiger charge is 2.28. The molecular weight excluding hydrogens is 298 g/mol. The average molecular weight is 318 g/mol. The van der Waals surface area contributed by atoms with E-state index in [0.717, 1.165) is 5.69 Å². The second-order valence-corrected chi connectivity index (χ2v) is 7.75. The first-order valence-corrected chi connectivity index (χ1v) is 9.55. The van der Waals surface area contributed by atoms with Crippen LogP contribution in [0.1, 0.15) is 36.2 Å². The molecule has 0 N–H and O–H groups in total. The summed E-state index contributed by atoms with van der Waals surface area (Å²) in [5.41, 5.74) is 0.851. The summed E-state index contributed by atoms with van der Waals surface area (Å²) < 4.78 is 4.96. The minimum atomic E-state index is -0.183. The molecule has 1 aliphatic heterocycles.